The highest BCUT2D eigenvalue weighted by Gasteiger charge is 2.16. The largest absolute Gasteiger partial charge is 0.507 e. The molecule has 5 heteroatoms. The summed E-state index contributed by atoms with van der Waals surface area (Å²) in [7, 11) is 0. The maximum atomic E-state index is 10.3. The van der Waals surface area contributed by atoms with Crippen molar-refractivity contribution in [1.29, 1.82) is 0 Å². The van der Waals surface area contributed by atoms with Crippen LogP contribution in [-0.2, 0) is 0 Å². The van der Waals surface area contributed by atoms with Crippen LogP contribution >= 0.6 is 11.3 Å². The van der Waals surface area contributed by atoms with Gasteiger partial charge in [-0.25, -0.2) is 9.83 Å². The lowest BCUT2D eigenvalue weighted by Gasteiger charge is -2.07. The van der Waals surface area contributed by atoms with Gasteiger partial charge in [0.25, 0.3) is 0 Å². The number of pyridine rings is 1. The van der Waals surface area contributed by atoms with E-state index in [9.17, 15) is 5.11 Å². The van der Waals surface area contributed by atoms with E-state index in [4.69, 9.17) is 11.6 Å². The fourth-order valence-corrected chi connectivity index (χ4v) is 4.55. The molecule has 1 N–H and O–H groups in total. The van der Waals surface area contributed by atoms with E-state index in [1.807, 2.05) is 60.7 Å². The van der Waals surface area contributed by atoms with Crippen LogP contribution in [0.2, 0.25) is 0 Å². The molecule has 0 aliphatic heterocycles. The van der Waals surface area contributed by atoms with Gasteiger partial charge in [-0.15, -0.1) is 11.3 Å². The van der Waals surface area contributed by atoms with Crippen LogP contribution in [0.1, 0.15) is 0 Å². The van der Waals surface area contributed by atoms with Gasteiger partial charge in [0, 0.05) is 17.3 Å². The second-order valence-electron chi connectivity index (χ2n) is 6.75. The topological polar surface area (TPSA) is 50.4 Å². The molecule has 142 valence electrons. The summed E-state index contributed by atoms with van der Waals surface area (Å²) in [5, 5.41) is 11.0. The first-order valence-electron chi connectivity index (χ1n) is 9.36. The molecule has 0 bridgehead atoms. The van der Waals surface area contributed by atoms with Gasteiger partial charge in [-0.2, -0.15) is 0 Å². The van der Waals surface area contributed by atoms with Crippen LogP contribution in [0.5, 0.6) is 5.75 Å². The number of hydrogen-bond donors (Lipinski definition) is 1. The SMILES string of the molecule is [C-]#[N+]c1ccc(-c2cccc(-c3ccccn3)c2)c2nc(-c3ccccc3O)sc12. The van der Waals surface area contributed by atoms with Crippen molar-refractivity contribution in [3.63, 3.8) is 0 Å². The molecule has 3 aromatic carbocycles. The zero-order valence-corrected chi connectivity index (χ0v) is 16.6. The molecule has 0 atom stereocenters. The van der Waals surface area contributed by atoms with Crippen molar-refractivity contribution in [2.75, 3.05) is 0 Å². The second-order valence-corrected chi connectivity index (χ2v) is 7.75. The number of thiazole rings is 1. The molecule has 0 saturated heterocycles. The summed E-state index contributed by atoms with van der Waals surface area (Å²) in [6, 6.07) is 24.9. The highest BCUT2D eigenvalue weighted by atomic mass is 32.1. The molecule has 0 fully saturated rings. The molecule has 0 unspecified atom stereocenters. The standard InChI is InChI=1S/C25H15N3OS/c1-26-21-13-12-18(16-7-6-8-17(15-16)20-10-4-5-14-27-20)23-24(21)30-25(28-23)19-9-2-3-11-22(19)29/h2-15,29H. The summed E-state index contributed by atoms with van der Waals surface area (Å²) in [5.41, 5.74) is 5.89. The van der Waals surface area contributed by atoms with Gasteiger partial charge in [-0.05, 0) is 35.9 Å². The van der Waals surface area contributed by atoms with Crippen LogP contribution in [0.15, 0.2) is 85.1 Å². The zero-order chi connectivity index (χ0) is 20.5. The minimum Gasteiger partial charge on any atom is -0.507 e. The van der Waals surface area contributed by atoms with Crippen molar-refractivity contribution in [2.45, 2.75) is 0 Å². The Labute approximate surface area is 177 Å². The summed E-state index contributed by atoms with van der Waals surface area (Å²) in [5.74, 6) is 0.180. The first-order valence-corrected chi connectivity index (χ1v) is 10.2. The highest BCUT2D eigenvalue weighted by Crippen LogP contribution is 2.43. The highest BCUT2D eigenvalue weighted by molar-refractivity contribution is 7.22. The van der Waals surface area contributed by atoms with E-state index >= 15 is 0 Å². The third-order valence-electron chi connectivity index (χ3n) is 4.91. The second kappa shape index (κ2) is 7.43. The summed E-state index contributed by atoms with van der Waals surface area (Å²) in [6.45, 7) is 7.55. The summed E-state index contributed by atoms with van der Waals surface area (Å²) >= 11 is 1.43. The number of para-hydroxylation sites is 1. The number of hydrogen-bond acceptors (Lipinski definition) is 4. The van der Waals surface area contributed by atoms with Crippen LogP contribution in [0.25, 0.3) is 48.0 Å². The first-order chi connectivity index (χ1) is 14.7. The van der Waals surface area contributed by atoms with Gasteiger partial charge in [0.2, 0.25) is 5.69 Å². The molecular formula is C25H15N3OS. The van der Waals surface area contributed by atoms with Crippen LogP contribution in [-0.4, -0.2) is 15.1 Å². The Morgan fingerprint density at radius 1 is 0.833 bits per heavy atom. The molecule has 0 spiro atoms. The summed E-state index contributed by atoms with van der Waals surface area (Å²) in [6.07, 6.45) is 1.78. The smallest absolute Gasteiger partial charge is 0.206 e. The minimum atomic E-state index is 0.180. The van der Waals surface area contributed by atoms with Crippen molar-refractivity contribution < 1.29 is 5.11 Å². The average Bonchev–Trinajstić information content (AvgIpc) is 3.24. The molecule has 5 aromatic rings. The molecule has 0 amide bonds. The minimum absolute atomic E-state index is 0.180. The molecular weight excluding hydrogens is 390 g/mol. The van der Waals surface area contributed by atoms with Crippen molar-refractivity contribution in [1.82, 2.24) is 9.97 Å². The Morgan fingerprint density at radius 2 is 1.67 bits per heavy atom. The zero-order valence-electron chi connectivity index (χ0n) is 15.8. The monoisotopic (exact) mass is 405 g/mol. The van der Waals surface area contributed by atoms with Crippen molar-refractivity contribution >= 4 is 27.2 Å². The maximum Gasteiger partial charge on any atom is 0.206 e. The number of rotatable bonds is 3. The van der Waals surface area contributed by atoms with Gasteiger partial charge in [0.15, 0.2) is 0 Å². The first kappa shape index (κ1) is 18.0. The molecule has 0 aliphatic rings. The van der Waals surface area contributed by atoms with E-state index < -0.39 is 0 Å². The van der Waals surface area contributed by atoms with Gasteiger partial charge in [-0.3, -0.25) is 4.98 Å². The number of nitrogens with zero attached hydrogens (tertiary/aromatic N) is 3. The molecule has 2 aromatic heterocycles. The Hall–Kier alpha value is -4.01. The van der Waals surface area contributed by atoms with Crippen LogP contribution < -0.4 is 0 Å². The van der Waals surface area contributed by atoms with Gasteiger partial charge in [-0.1, -0.05) is 48.5 Å². The summed E-state index contributed by atoms with van der Waals surface area (Å²) in [4.78, 5) is 13.0. The fourth-order valence-electron chi connectivity index (χ4n) is 3.46. The lowest BCUT2D eigenvalue weighted by molar-refractivity contribution is 0.477. The quantitative estimate of drug-likeness (QED) is 0.330. The number of aromatic hydroxyl groups is 1. The molecule has 0 aliphatic carbocycles. The van der Waals surface area contributed by atoms with E-state index in [1.54, 1.807) is 18.3 Å². The third-order valence-corrected chi connectivity index (χ3v) is 6.02. The molecule has 0 radical (unpaired) electrons. The van der Waals surface area contributed by atoms with Gasteiger partial charge in [0.1, 0.15) is 10.8 Å². The molecule has 4 nitrogen and oxygen atoms in total. The molecule has 30 heavy (non-hydrogen) atoms. The van der Waals surface area contributed by atoms with Crippen molar-refractivity contribution in [3.05, 3.63) is 96.5 Å². The van der Waals surface area contributed by atoms with Gasteiger partial charge in [0.05, 0.1) is 28.0 Å². The van der Waals surface area contributed by atoms with E-state index in [0.717, 1.165) is 32.6 Å². The van der Waals surface area contributed by atoms with Crippen LogP contribution in [0.3, 0.4) is 0 Å². The molecule has 5 rings (SSSR count). The third kappa shape index (κ3) is 3.10. The maximum absolute atomic E-state index is 10.3. The predicted octanol–water partition coefficient (Wildman–Crippen LogP) is 6.95. The lowest BCUT2D eigenvalue weighted by atomic mass is 10.00. The number of fused-ring (bicyclic) bond motifs is 1. The van der Waals surface area contributed by atoms with E-state index in [1.165, 1.54) is 11.3 Å². The molecule has 2 heterocycles. The van der Waals surface area contributed by atoms with Gasteiger partial charge < -0.3 is 5.11 Å². The predicted molar refractivity (Wildman–Crippen MR) is 122 cm³/mol. The normalized spacial score (nSPS) is 10.8. The summed E-state index contributed by atoms with van der Waals surface area (Å²) < 4.78 is 0.823. The van der Waals surface area contributed by atoms with Crippen LogP contribution in [0, 0.1) is 6.57 Å². The Morgan fingerprint density at radius 3 is 2.47 bits per heavy atom. The van der Waals surface area contributed by atoms with Gasteiger partial charge >= 0.3 is 0 Å². The van der Waals surface area contributed by atoms with Crippen LogP contribution in [0.4, 0.5) is 5.69 Å². The Kier molecular flexibility index (Phi) is 4.47. The van der Waals surface area contributed by atoms with E-state index in [-0.39, 0.29) is 5.75 Å². The van der Waals surface area contributed by atoms with E-state index in [2.05, 4.69) is 15.9 Å². The Balaban J connectivity index is 1.71. The lowest BCUT2D eigenvalue weighted by Crippen LogP contribution is -1.85. The Bertz CT molecular complexity index is 1420. The average molecular weight is 405 g/mol. The molecule has 0 saturated carbocycles. The van der Waals surface area contributed by atoms with E-state index in [0.29, 0.717) is 16.3 Å². The van der Waals surface area contributed by atoms with Crippen molar-refractivity contribution in [2.24, 2.45) is 0 Å². The number of aromatic nitrogens is 2. The number of benzene rings is 3. The van der Waals surface area contributed by atoms with Crippen molar-refractivity contribution in [3.8, 4) is 38.7 Å². The number of phenolic OH excluding ortho intramolecular Hbond substituents is 1. The number of phenols is 1. The fraction of sp³-hybridized carbons (Fsp3) is 0.